The number of halogens is 2. The van der Waals surface area contributed by atoms with Crippen LogP contribution in [0.2, 0.25) is 0 Å². The van der Waals surface area contributed by atoms with E-state index in [4.69, 9.17) is 0 Å². The van der Waals surface area contributed by atoms with Crippen LogP contribution in [0.15, 0.2) is 48.7 Å². The molecule has 5 rings (SSSR count). The summed E-state index contributed by atoms with van der Waals surface area (Å²) in [5.74, 6) is -0.627. The summed E-state index contributed by atoms with van der Waals surface area (Å²) >= 11 is 0. The lowest BCUT2D eigenvalue weighted by Crippen LogP contribution is -2.41. The van der Waals surface area contributed by atoms with Crippen LogP contribution in [0.4, 0.5) is 19.3 Å². The van der Waals surface area contributed by atoms with Crippen molar-refractivity contribution in [1.82, 2.24) is 19.6 Å². The van der Waals surface area contributed by atoms with Gasteiger partial charge in [0.05, 0.1) is 23.9 Å². The van der Waals surface area contributed by atoms with Crippen molar-refractivity contribution >= 4 is 28.5 Å². The number of hydrogen-bond donors (Lipinski definition) is 0. The standard InChI is InChI=1S/C22H21F2N5O2/c23-15-8-9-26(13-15)21(30)14-27-10-11-28(22(27)31)18-6-3-7-19-16(18)12-25-29(19)20-5-2-1-4-17(20)24/h1-7,12,15H,8-11,13-14H2/t15-/m0/s1. The highest BCUT2D eigenvalue weighted by atomic mass is 19.1. The molecule has 0 aliphatic carbocycles. The van der Waals surface area contributed by atoms with Crippen LogP contribution < -0.4 is 4.90 Å². The Morgan fingerprint density at radius 3 is 2.65 bits per heavy atom. The van der Waals surface area contributed by atoms with Gasteiger partial charge in [0.2, 0.25) is 5.91 Å². The lowest BCUT2D eigenvalue weighted by Gasteiger charge is -2.22. The van der Waals surface area contributed by atoms with Crippen molar-refractivity contribution in [1.29, 1.82) is 0 Å². The molecule has 1 atom stereocenters. The van der Waals surface area contributed by atoms with Crippen molar-refractivity contribution in [3.63, 3.8) is 0 Å². The number of carbonyl (C=O) groups is 2. The van der Waals surface area contributed by atoms with Gasteiger partial charge < -0.3 is 9.80 Å². The third-order valence-corrected chi connectivity index (χ3v) is 5.87. The predicted molar refractivity (Wildman–Crippen MR) is 111 cm³/mol. The fraction of sp³-hybridized carbons (Fsp3) is 0.318. The lowest BCUT2D eigenvalue weighted by atomic mass is 10.2. The maximum Gasteiger partial charge on any atom is 0.325 e. The second-order valence-electron chi connectivity index (χ2n) is 7.80. The van der Waals surface area contributed by atoms with E-state index in [2.05, 4.69) is 5.10 Å². The first-order chi connectivity index (χ1) is 15.0. The fourth-order valence-corrected chi connectivity index (χ4v) is 4.25. The molecule has 7 nitrogen and oxygen atoms in total. The zero-order valence-corrected chi connectivity index (χ0v) is 16.7. The molecular weight excluding hydrogens is 404 g/mol. The number of likely N-dealkylation sites (tertiary alicyclic amines) is 1. The van der Waals surface area contributed by atoms with Gasteiger partial charge in [-0.05, 0) is 30.7 Å². The highest BCUT2D eigenvalue weighted by molar-refractivity contribution is 6.04. The van der Waals surface area contributed by atoms with E-state index in [-0.39, 0.29) is 25.0 Å². The molecule has 2 aromatic carbocycles. The first-order valence-electron chi connectivity index (χ1n) is 10.2. The van der Waals surface area contributed by atoms with E-state index in [1.807, 2.05) is 12.1 Å². The molecule has 0 bridgehead atoms. The molecule has 160 valence electrons. The lowest BCUT2D eigenvalue weighted by molar-refractivity contribution is -0.130. The molecule has 0 spiro atoms. The van der Waals surface area contributed by atoms with E-state index in [0.29, 0.717) is 48.3 Å². The molecule has 3 heterocycles. The number of amides is 3. The Labute approximate surface area is 177 Å². The maximum absolute atomic E-state index is 14.3. The summed E-state index contributed by atoms with van der Waals surface area (Å²) in [6.07, 6.45) is 0.974. The summed E-state index contributed by atoms with van der Waals surface area (Å²) in [5.41, 5.74) is 1.66. The summed E-state index contributed by atoms with van der Waals surface area (Å²) in [7, 11) is 0. The highest BCUT2D eigenvalue weighted by Gasteiger charge is 2.34. The van der Waals surface area contributed by atoms with Crippen LogP contribution in [0.25, 0.3) is 16.6 Å². The Kier molecular flexibility index (Phi) is 4.80. The summed E-state index contributed by atoms with van der Waals surface area (Å²) in [6.45, 7) is 1.24. The fourth-order valence-electron chi connectivity index (χ4n) is 4.25. The Morgan fingerprint density at radius 2 is 1.87 bits per heavy atom. The van der Waals surface area contributed by atoms with Crippen LogP contribution in [0, 0.1) is 5.82 Å². The third-order valence-electron chi connectivity index (χ3n) is 5.87. The topological polar surface area (TPSA) is 61.7 Å². The smallest absolute Gasteiger partial charge is 0.325 e. The Morgan fingerprint density at radius 1 is 1.06 bits per heavy atom. The maximum atomic E-state index is 14.3. The van der Waals surface area contributed by atoms with E-state index in [9.17, 15) is 18.4 Å². The molecule has 2 aliphatic heterocycles. The normalized spacial score (nSPS) is 19.1. The molecule has 31 heavy (non-hydrogen) atoms. The van der Waals surface area contributed by atoms with Gasteiger partial charge in [-0.3, -0.25) is 9.69 Å². The van der Waals surface area contributed by atoms with Crippen molar-refractivity contribution in [2.45, 2.75) is 12.6 Å². The van der Waals surface area contributed by atoms with E-state index < -0.39 is 12.0 Å². The molecule has 0 unspecified atom stereocenters. The molecule has 0 radical (unpaired) electrons. The molecule has 3 aromatic rings. The van der Waals surface area contributed by atoms with Gasteiger partial charge in [-0.25, -0.2) is 18.3 Å². The van der Waals surface area contributed by atoms with Crippen LogP contribution in [0.3, 0.4) is 0 Å². The van der Waals surface area contributed by atoms with Crippen molar-refractivity contribution in [2.75, 3.05) is 37.6 Å². The molecular formula is C22H21F2N5O2. The molecule has 0 saturated carbocycles. The van der Waals surface area contributed by atoms with Crippen LogP contribution in [-0.4, -0.2) is 70.4 Å². The zero-order valence-electron chi connectivity index (χ0n) is 16.7. The molecule has 2 saturated heterocycles. The number of anilines is 1. The molecule has 1 aromatic heterocycles. The minimum Gasteiger partial charge on any atom is -0.338 e. The van der Waals surface area contributed by atoms with Gasteiger partial charge in [0.1, 0.15) is 24.2 Å². The van der Waals surface area contributed by atoms with Gasteiger partial charge in [-0.15, -0.1) is 0 Å². The Balaban J connectivity index is 1.40. The zero-order chi connectivity index (χ0) is 21.5. The van der Waals surface area contributed by atoms with Gasteiger partial charge in [-0.2, -0.15) is 5.10 Å². The molecule has 3 amide bonds. The monoisotopic (exact) mass is 425 g/mol. The second kappa shape index (κ2) is 7.64. The van der Waals surface area contributed by atoms with E-state index in [1.165, 1.54) is 20.5 Å². The number of alkyl halides is 1. The van der Waals surface area contributed by atoms with E-state index >= 15 is 0 Å². The van der Waals surface area contributed by atoms with Gasteiger partial charge in [-0.1, -0.05) is 18.2 Å². The molecule has 2 aliphatic rings. The van der Waals surface area contributed by atoms with Gasteiger partial charge in [0, 0.05) is 25.0 Å². The van der Waals surface area contributed by atoms with Crippen LogP contribution >= 0.6 is 0 Å². The van der Waals surface area contributed by atoms with Crippen LogP contribution in [-0.2, 0) is 4.79 Å². The number of para-hydroxylation sites is 1. The highest BCUT2D eigenvalue weighted by Crippen LogP contribution is 2.31. The summed E-state index contributed by atoms with van der Waals surface area (Å²) in [6, 6.07) is 11.5. The first kappa shape index (κ1) is 19.5. The number of hydrogen-bond acceptors (Lipinski definition) is 3. The Bertz CT molecular complexity index is 1160. The second-order valence-corrected chi connectivity index (χ2v) is 7.80. The average Bonchev–Trinajstić information content (AvgIpc) is 3.48. The van der Waals surface area contributed by atoms with Gasteiger partial charge in [0.25, 0.3) is 0 Å². The predicted octanol–water partition coefficient (Wildman–Crippen LogP) is 2.98. The molecule has 9 heteroatoms. The van der Waals surface area contributed by atoms with Crippen molar-refractivity contribution in [3.05, 3.63) is 54.5 Å². The number of aromatic nitrogens is 2. The molecule has 2 fully saturated rings. The summed E-state index contributed by atoms with van der Waals surface area (Å²) in [4.78, 5) is 30.0. The van der Waals surface area contributed by atoms with Crippen molar-refractivity contribution < 1.29 is 18.4 Å². The van der Waals surface area contributed by atoms with Crippen LogP contribution in [0.1, 0.15) is 6.42 Å². The van der Waals surface area contributed by atoms with Crippen LogP contribution in [0.5, 0.6) is 0 Å². The molecule has 0 N–H and O–H groups in total. The minimum absolute atomic E-state index is 0.0630. The number of benzene rings is 2. The summed E-state index contributed by atoms with van der Waals surface area (Å²) in [5, 5.41) is 5.05. The largest absolute Gasteiger partial charge is 0.338 e. The number of nitrogens with zero attached hydrogens (tertiary/aromatic N) is 5. The summed E-state index contributed by atoms with van der Waals surface area (Å²) < 4.78 is 29.2. The van der Waals surface area contributed by atoms with Crippen molar-refractivity contribution in [2.24, 2.45) is 0 Å². The van der Waals surface area contributed by atoms with Gasteiger partial charge >= 0.3 is 6.03 Å². The van der Waals surface area contributed by atoms with Crippen molar-refractivity contribution in [3.8, 4) is 5.69 Å². The minimum atomic E-state index is -0.988. The van der Waals surface area contributed by atoms with E-state index in [1.54, 1.807) is 35.4 Å². The van der Waals surface area contributed by atoms with Gasteiger partial charge in [0.15, 0.2) is 0 Å². The number of fused-ring (bicyclic) bond motifs is 1. The Hall–Kier alpha value is -3.49. The quantitative estimate of drug-likeness (QED) is 0.646. The first-order valence-corrected chi connectivity index (χ1v) is 10.2. The van der Waals surface area contributed by atoms with E-state index in [0.717, 1.165) is 0 Å². The average molecular weight is 425 g/mol. The number of rotatable bonds is 4. The number of urea groups is 1. The third kappa shape index (κ3) is 3.39. The number of carbonyl (C=O) groups excluding carboxylic acids is 2. The SMILES string of the molecule is O=C(CN1CCN(c2cccc3c2cnn3-c2ccccc2F)C1=O)N1CC[C@H](F)C1.